The first-order valence-electron chi connectivity index (χ1n) is 8.02. The van der Waals surface area contributed by atoms with Gasteiger partial charge in [-0.1, -0.05) is 25.0 Å². The van der Waals surface area contributed by atoms with Gasteiger partial charge < -0.3 is 10.2 Å². The molecule has 1 aromatic carbocycles. The Hall–Kier alpha value is -1.88. The average molecular weight is 332 g/mol. The zero-order valence-electron chi connectivity index (χ0n) is 13.2. The Morgan fingerprint density at radius 2 is 2.17 bits per heavy atom. The SMILES string of the molecule is Cc1ccc(NC(=O)N2CCCCC[C@@H]2c2cccs2)cc1F. The van der Waals surface area contributed by atoms with Gasteiger partial charge in [-0.05, 0) is 48.9 Å². The van der Waals surface area contributed by atoms with E-state index >= 15 is 0 Å². The van der Waals surface area contributed by atoms with Gasteiger partial charge in [0.25, 0.3) is 0 Å². The van der Waals surface area contributed by atoms with Crippen molar-refractivity contribution in [2.45, 2.75) is 38.6 Å². The average Bonchev–Trinajstić information content (AvgIpc) is 2.95. The lowest BCUT2D eigenvalue weighted by Crippen LogP contribution is -2.37. The summed E-state index contributed by atoms with van der Waals surface area (Å²) in [6, 6.07) is 8.90. The van der Waals surface area contributed by atoms with Crippen LogP contribution in [0.15, 0.2) is 35.7 Å². The van der Waals surface area contributed by atoms with Gasteiger partial charge >= 0.3 is 6.03 Å². The third kappa shape index (κ3) is 3.72. The van der Waals surface area contributed by atoms with E-state index in [1.54, 1.807) is 30.4 Å². The molecule has 1 aliphatic rings. The Morgan fingerprint density at radius 1 is 1.30 bits per heavy atom. The third-order valence-electron chi connectivity index (χ3n) is 4.31. The molecule has 1 atom stereocenters. The van der Waals surface area contributed by atoms with Gasteiger partial charge in [0.05, 0.1) is 6.04 Å². The molecule has 2 heterocycles. The van der Waals surface area contributed by atoms with Gasteiger partial charge in [-0.15, -0.1) is 11.3 Å². The molecule has 0 saturated carbocycles. The number of nitrogens with one attached hydrogen (secondary N) is 1. The minimum absolute atomic E-state index is 0.118. The van der Waals surface area contributed by atoms with E-state index in [-0.39, 0.29) is 17.9 Å². The summed E-state index contributed by atoms with van der Waals surface area (Å²) in [6.45, 7) is 2.45. The number of nitrogens with zero attached hydrogens (tertiary/aromatic N) is 1. The zero-order valence-corrected chi connectivity index (χ0v) is 14.0. The number of carbonyl (C=O) groups excluding carboxylic acids is 1. The number of benzene rings is 1. The second kappa shape index (κ2) is 7.13. The van der Waals surface area contributed by atoms with Gasteiger partial charge in [-0.2, -0.15) is 0 Å². The molecular formula is C18H21FN2OS. The van der Waals surface area contributed by atoms with Gasteiger partial charge in [-0.3, -0.25) is 0 Å². The second-order valence-corrected chi connectivity index (χ2v) is 6.95. The summed E-state index contributed by atoms with van der Waals surface area (Å²) in [5, 5.41) is 4.90. The number of hydrogen-bond donors (Lipinski definition) is 1. The summed E-state index contributed by atoms with van der Waals surface area (Å²) in [7, 11) is 0. The summed E-state index contributed by atoms with van der Waals surface area (Å²) < 4.78 is 13.7. The van der Waals surface area contributed by atoms with Crippen LogP contribution >= 0.6 is 11.3 Å². The number of aryl methyl sites for hydroxylation is 1. The lowest BCUT2D eigenvalue weighted by molar-refractivity contribution is 0.190. The lowest BCUT2D eigenvalue weighted by Gasteiger charge is -2.29. The Kier molecular flexibility index (Phi) is 4.96. The molecule has 0 radical (unpaired) electrons. The normalized spacial score (nSPS) is 18.5. The standard InChI is InChI=1S/C18H21FN2OS/c1-13-8-9-14(12-15(13)19)20-18(22)21-10-4-2-3-6-16(21)17-7-5-11-23-17/h5,7-9,11-12,16H,2-4,6,10H2,1H3,(H,20,22)/t16-/m1/s1. The van der Waals surface area contributed by atoms with E-state index in [1.807, 2.05) is 16.3 Å². The predicted octanol–water partition coefficient (Wildman–Crippen LogP) is 5.34. The highest BCUT2D eigenvalue weighted by molar-refractivity contribution is 7.10. The zero-order chi connectivity index (χ0) is 16.2. The first kappa shape index (κ1) is 16.0. The maximum Gasteiger partial charge on any atom is 0.322 e. The molecule has 122 valence electrons. The van der Waals surface area contributed by atoms with Crippen molar-refractivity contribution >= 4 is 23.1 Å². The lowest BCUT2D eigenvalue weighted by atomic mass is 10.1. The molecule has 5 heteroatoms. The number of amides is 2. The van der Waals surface area contributed by atoms with E-state index in [1.165, 1.54) is 10.9 Å². The fourth-order valence-corrected chi connectivity index (χ4v) is 3.87. The molecule has 1 saturated heterocycles. The number of anilines is 1. The highest BCUT2D eigenvalue weighted by atomic mass is 32.1. The van der Waals surface area contributed by atoms with Crippen LogP contribution in [0.25, 0.3) is 0 Å². The number of rotatable bonds is 2. The van der Waals surface area contributed by atoms with E-state index in [2.05, 4.69) is 11.4 Å². The molecule has 1 aromatic heterocycles. The summed E-state index contributed by atoms with van der Waals surface area (Å²) in [6.07, 6.45) is 4.27. The van der Waals surface area contributed by atoms with Crippen LogP contribution in [0, 0.1) is 12.7 Å². The molecular weight excluding hydrogens is 311 g/mol. The van der Waals surface area contributed by atoms with Gasteiger partial charge in [0.2, 0.25) is 0 Å². The molecule has 1 aliphatic heterocycles. The van der Waals surface area contributed by atoms with Crippen molar-refractivity contribution in [3.63, 3.8) is 0 Å². The Morgan fingerprint density at radius 3 is 2.91 bits per heavy atom. The van der Waals surface area contributed by atoms with Crippen molar-refractivity contribution in [3.05, 3.63) is 52.0 Å². The minimum atomic E-state index is -0.298. The number of thiophene rings is 1. The maximum atomic E-state index is 13.7. The predicted molar refractivity (Wildman–Crippen MR) is 92.4 cm³/mol. The molecule has 2 amide bonds. The van der Waals surface area contributed by atoms with Gasteiger partial charge in [0.1, 0.15) is 5.82 Å². The van der Waals surface area contributed by atoms with E-state index in [0.29, 0.717) is 11.3 Å². The minimum Gasteiger partial charge on any atom is -0.317 e. The third-order valence-corrected chi connectivity index (χ3v) is 5.28. The van der Waals surface area contributed by atoms with Crippen LogP contribution in [0.3, 0.4) is 0 Å². The fraction of sp³-hybridized carbons (Fsp3) is 0.389. The number of carbonyl (C=O) groups is 1. The van der Waals surface area contributed by atoms with Crippen LogP contribution in [0.2, 0.25) is 0 Å². The molecule has 0 spiro atoms. The topological polar surface area (TPSA) is 32.3 Å². The quantitative estimate of drug-likeness (QED) is 0.790. The van der Waals surface area contributed by atoms with Crippen molar-refractivity contribution < 1.29 is 9.18 Å². The first-order valence-corrected chi connectivity index (χ1v) is 8.90. The number of hydrogen-bond acceptors (Lipinski definition) is 2. The van der Waals surface area contributed by atoms with Crippen LogP contribution in [0.1, 0.15) is 42.2 Å². The molecule has 0 unspecified atom stereocenters. The van der Waals surface area contributed by atoms with Crippen molar-refractivity contribution in [2.24, 2.45) is 0 Å². The molecule has 23 heavy (non-hydrogen) atoms. The summed E-state index contributed by atoms with van der Waals surface area (Å²) in [5.74, 6) is -0.298. The maximum absolute atomic E-state index is 13.7. The number of likely N-dealkylation sites (tertiary alicyclic amines) is 1. The number of urea groups is 1. The Bertz CT molecular complexity index is 672. The molecule has 0 aliphatic carbocycles. The van der Waals surface area contributed by atoms with Gasteiger partial charge in [0, 0.05) is 17.1 Å². The summed E-state index contributed by atoms with van der Waals surface area (Å²) in [5.41, 5.74) is 1.08. The smallest absolute Gasteiger partial charge is 0.317 e. The van der Waals surface area contributed by atoms with Crippen LogP contribution in [-0.4, -0.2) is 17.5 Å². The largest absolute Gasteiger partial charge is 0.322 e. The van der Waals surface area contributed by atoms with Crippen LogP contribution in [-0.2, 0) is 0 Å². The van der Waals surface area contributed by atoms with E-state index in [4.69, 9.17) is 0 Å². The Balaban J connectivity index is 1.78. The van der Waals surface area contributed by atoms with Crippen LogP contribution in [0.5, 0.6) is 0 Å². The van der Waals surface area contributed by atoms with Crippen LogP contribution in [0.4, 0.5) is 14.9 Å². The van der Waals surface area contributed by atoms with Crippen molar-refractivity contribution in [1.82, 2.24) is 4.90 Å². The second-order valence-electron chi connectivity index (χ2n) is 5.97. The summed E-state index contributed by atoms with van der Waals surface area (Å²) >= 11 is 1.69. The highest BCUT2D eigenvalue weighted by Crippen LogP contribution is 2.33. The van der Waals surface area contributed by atoms with Gasteiger partial charge in [0.15, 0.2) is 0 Å². The van der Waals surface area contributed by atoms with E-state index < -0.39 is 0 Å². The highest BCUT2D eigenvalue weighted by Gasteiger charge is 2.27. The van der Waals surface area contributed by atoms with Crippen molar-refractivity contribution in [2.75, 3.05) is 11.9 Å². The van der Waals surface area contributed by atoms with Crippen LogP contribution < -0.4 is 5.32 Å². The number of halogens is 1. The van der Waals surface area contributed by atoms with Crippen molar-refractivity contribution in [1.29, 1.82) is 0 Å². The molecule has 1 fully saturated rings. The van der Waals surface area contributed by atoms with E-state index in [0.717, 1.165) is 32.2 Å². The first-order chi connectivity index (χ1) is 11.1. The van der Waals surface area contributed by atoms with Gasteiger partial charge in [-0.25, -0.2) is 9.18 Å². The molecule has 3 rings (SSSR count). The Labute approximate surface area is 140 Å². The molecule has 3 nitrogen and oxygen atoms in total. The molecule has 2 aromatic rings. The monoisotopic (exact) mass is 332 g/mol. The van der Waals surface area contributed by atoms with Crippen molar-refractivity contribution in [3.8, 4) is 0 Å². The summed E-state index contributed by atoms with van der Waals surface area (Å²) in [4.78, 5) is 15.8. The molecule has 0 bridgehead atoms. The molecule has 1 N–H and O–H groups in total. The fourth-order valence-electron chi connectivity index (χ4n) is 2.99. The van der Waals surface area contributed by atoms with E-state index in [9.17, 15) is 9.18 Å².